The SMILES string of the molecule is CC1CCCC(C=O)(CN(C)c2ccccc2)C1. The summed E-state index contributed by atoms with van der Waals surface area (Å²) in [6, 6.07) is 10.3. The maximum Gasteiger partial charge on any atom is 0.127 e. The highest BCUT2D eigenvalue weighted by molar-refractivity contribution is 5.62. The van der Waals surface area contributed by atoms with Gasteiger partial charge in [0.2, 0.25) is 0 Å². The molecule has 0 spiro atoms. The molecule has 0 bridgehead atoms. The molecule has 0 N–H and O–H groups in total. The van der Waals surface area contributed by atoms with E-state index in [-0.39, 0.29) is 5.41 Å². The first-order valence-corrected chi connectivity index (χ1v) is 6.88. The molecule has 2 unspecified atom stereocenters. The lowest BCUT2D eigenvalue weighted by Crippen LogP contribution is -2.40. The van der Waals surface area contributed by atoms with E-state index in [1.165, 1.54) is 24.8 Å². The van der Waals surface area contributed by atoms with Crippen molar-refractivity contribution in [1.82, 2.24) is 0 Å². The maximum absolute atomic E-state index is 11.6. The molecule has 0 saturated heterocycles. The smallest absolute Gasteiger partial charge is 0.127 e. The molecule has 2 rings (SSSR count). The van der Waals surface area contributed by atoms with E-state index in [1.54, 1.807) is 0 Å². The average Bonchev–Trinajstić information content (AvgIpc) is 2.39. The first-order chi connectivity index (χ1) is 8.65. The van der Waals surface area contributed by atoms with Crippen molar-refractivity contribution in [2.24, 2.45) is 11.3 Å². The van der Waals surface area contributed by atoms with Crippen LogP contribution in [0, 0.1) is 11.3 Å². The zero-order valence-corrected chi connectivity index (χ0v) is 11.4. The monoisotopic (exact) mass is 245 g/mol. The van der Waals surface area contributed by atoms with E-state index in [4.69, 9.17) is 0 Å². The number of para-hydroxylation sites is 1. The molecular formula is C16H23NO. The molecular weight excluding hydrogens is 222 g/mol. The van der Waals surface area contributed by atoms with Crippen LogP contribution < -0.4 is 4.90 Å². The van der Waals surface area contributed by atoms with Crippen molar-refractivity contribution in [3.05, 3.63) is 30.3 Å². The third-order valence-electron chi connectivity index (χ3n) is 4.13. The minimum absolute atomic E-state index is 0.137. The first kappa shape index (κ1) is 13.1. The highest BCUT2D eigenvalue weighted by Crippen LogP contribution is 2.38. The van der Waals surface area contributed by atoms with Gasteiger partial charge >= 0.3 is 0 Å². The van der Waals surface area contributed by atoms with E-state index in [2.05, 4.69) is 31.0 Å². The molecule has 1 aromatic carbocycles. The number of benzene rings is 1. The Hall–Kier alpha value is -1.31. The Balaban J connectivity index is 2.08. The van der Waals surface area contributed by atoms with Gasteiger partial charge in [-0.1, -0.05) is 38.0 Å². The zero-order chi connectivity index (χ0) is 13.0. The summed E-state index contributed by atoms with van der Waals surface area (Å²) in [6.45, 7) is 3.10. The minimum Gasteiger partial charge on any atom is -0.374 e. The number of hydrogen-bond donors (Lipinski definition) is 0. The second-order valence-electron chi connectivity index (χ2n) is 5.87. The number of carbonyl (C=O) groups excluding carboxylic acids is 1. The van der Waals surface area contributed by atoms with Crippen LogP contribution in [0.1, 0.15) is 32.6 Å². The summed E-state index contributed by atoms with van der Waals surface area (Å²) in [7, 11) is 2.08. The van der Waals surface area contributed by atoms with Gasteiger partial charge in [-0.2, -0.15) is 0 Å². The highest BCUT2D eigenvalue weighted by atomic mass is 16.1. The Labute approximate surface area is 110 Å². The van der Waals surface area contributed by atoms with Gasteiger partial charge in [0.1, 0.15) is 6.29 Å². The molecule has 18 heavy (non-hydrogen) atoms. The second kappa shape index (κ2) is 5.55. The second-order valence-corrected chi connectivity index (χ2v) is 5.87. The van der Waals surface area contributed by atoms with Crippen LogP contribution in [0.15, 0.2) is 30.3 Å². The van der Waals surface area contributed by atoms with Gasteiger partial charge in [0.05, 0.1) is 0 Å². The molecule has 1 saturated carbocycles. The number of carbonyl (C=O) groups is 1. The lowest BCUT2D eigenvalue weighted by molar-refractivity contribution is -0.118. The van der Waals surface area contributed by atoms with E-state index in [1.807, 2.05) is 18.2 Å². The molecule has 0 heterocycles. The van der Waals surface area contributed by atoms with Crippen LogP contribution in [0.2, 0.25) is 0 Å². The quantitative estimate of drug-likeness (QED) is 0.756. The van der Waals surface area contributed by atoms with Gasteiger partial charge in [0.15, 0.2) is 0 Å². The molecule has 1 fully saturated rings. The predicted molar refractivity (Wildman–Crippen MR) is 75.8 cm³/mol. The van der Waals surface area contributed by atoms with Crippen molar-refractivity contribution in [1.29, 1.82) is 0 Å². The van der Waals surface area contributed by atoms with Crippen LogP contribution in [0.3, 0.4) is 0 Å². The molecule has 1 aliphatic rings. The van der Waals surface area contributed by atoms with Crippen molar-refractivity contribution in [2.75, 3.05) is 18.5 Å². The van der Waals surface area contributed by atoms with E-state index in [9.17, 15) is 4.79 Å². The summed E-state index contributed by atoms with van der Waals surface area (Å²) in [6.07, 6.45) is 5.74. The summed E-state index contributed by atoms with van der Waals surface area (Å²) >= 11 is 0. The van der Waals surface area contributed by atoms with Gasteiger partial charge < -0.3 is 9.69 Å². The fraction of sp³-hybridized carbons (Fsp3) is 0.562. The normalized spacial score (nSPS) is 27.8. The Kier molecular flexibility index (Phi) is 4.05. The van der Waals surface area contributed by atoms with Crippen molar-refractivity contribution in [3.63, 3.8) is 0 Å². The van der Waals surface area contributed by atoms with Gasteiger partial charge in [0, 0.05) is 24.7 Å². The average molecular weight is 245 g/mol. The summed E-state index contributed by atoms with van der Waals surface area (Å²) in [5.74, 6) is 0.674. The van der Waals surface area contributed by atoms with Crippen LogP contribution in [0.5, 0.6) is 0 Å². The van der Waals surface area contributed by atoms with Crippen LogP contribution >= 0.6 is 0 Å². The third-order valence-corrected chi connectivity index (χ3v) is 4.13. The largest absolute Gasteiger partial charge is 0.374 e. The minimum atomic E-state index is -0.137. The van der Waals surface area contributed by atoms with Crippen LogP contribution in [-0.2, 0) is 4.79 Å². The lowest BCUT2D eigenvalue weighted by Gasteiger charge is -2.39. The number of anilines is 1. The summed E-state index contributed by atoms with van der Waals surface area (Å²) in [5, 5.41) is 0. The summed E-state index contributed by atoms with van der Waals surface area (Å²) < 4.78 is 0. The van der Waals surface area contributed by atoms with Gasteiger partial charge in [-0.05, 0) is 30.9 Å². The van der Waals surface area contributed by atoms with E-state index in [0.29, 0.717) is 5.92 Å². The van der Waals surface area contributed by atoms with Crippen molar-refractivity contribution < 1.29 is 4.79 Å². The molecule has 98 valence electrons. The Morgan fingerprint density at radius 3 is 2.72 bits per heavy atom. The van der Waals surface area contributed by atoms with Gasteiger partial charge in [-0.25, -0.2) is 0 Å². The van der Waals surface area contributed by atoms with Crippen LogP contribution in [-0.4, -0.2) is 19.9 Å². The maximum atomic E-state index is 11.6. The van der Waals surface area contributed by atoms with Gasteiger partial charge in [0.25, 0.3) is 0 Å². The van der Waals surface area contributed by atoms with Crippen molar-refractivity contribution >= 4 is 12.0 Å². The van der Waals surface area contributed by atoms with Gasteiger partial charge in [-0.3, -0.25) is 0 Å². The fourth-order valence-electron chi connectivity index (χ4n) is 3.23. The van der Waals surface area contributed by atoms with E-state index in [0.717, 1.165) is 19.4 Å². The predicted octanol–water partition coefficient (Wildman–Crippen LogP) is 3.52. The number of aldehydes is 1. The van der Waals surface area contributed by atoms with Gasteiger partial charge in [-0.15, -0.1) is 0 Å². The summed E-state index contributed by atoms with van der Waals surface area (Å²) in [5.41, 5.74) is 1.05. The van der Waals surface area contributed by atoms with Crippen molar-refractivity contribution in [3.8, 4) is 0 Å². The van der Waals surface area contributed by atoms with E-state index < -0.39 is 0 Å². The third kappa shape index (κ3) is 2.92. The molecule has 0 radical (unpaired) electrons. The summed E-state index contributed by atoms with van der Waals surface area (Å²) in [4.78, 5) is 13.8. The highest BCUT2D eigenvalue weighted by Gasteiger charge is 2.35. The standard InChI is InChI=1S/C16H23NO/c1-14-7-6-10-16(11-14,13-18)12-17(2)15-8-4-3-5-9-15/h3-5,8-9,13-14H,6-7,10-12H2,1-2H3. The molecule has 1 aromatic rings. The zero-order valence-electron chi connectivity index (χ0n) is 11.4. The molecule has 1 aliphatic carbocycles. The topological polar surface area (TPSA) is 20.3 Å². The molecule has 2 nitrogen and oxygen atoms in total. The Morgan fingerprint density at radius 1 is 1.39 bits per heavy atom. The molecule has 0 amide bonds. The molecule has 0 aromatic heterocycles. The lowest BCUT2D eigenvalue weighted by atomic mass is 9.70. The Bertz CT molecular complexity index is 389. The van der Waals surface area contributed by atoms with Crippen LogP contribution in [0.25, 0.3) is 0 Å². The first-order valence-electron chi connectivity index (χ1n) is 6.88. The molecule has 0 aliphatic heterocycles. The molecule has 2 atom stereocenters. The van der Waals surface area contributed by atoms with Crippen molar-refractivity contribution in [2.45, 2.75) is 32.6 Å². The number of nitrogens with zero attached hydrogens (tertiary/aromatic N) is 1. The Morgan fingerprint density at radius 2 is 2.11 bits per heavy atom. The van der Waals surface area contributed by atoms with Crippen LogP contribution in [0.4, 0.5) is 5.69 Å². The van der Waals surface area contributed by atoms with E-state index >= 15 is 0 Å². The molecule has 2 heteroatoms. The number of hydrogen-bond acceptors (Lipinski definition) is 2. The fourth-order valence-corrected chi connectivity index (χ4v) is 3.23. The number of rotatable bonds is 4.